The van der Waals surface area contributed by atoms with Gasteiger partial charge in [-0.05, 0) is 38.2 Å². The number of non-ortho nitro benzene ring substituents is 1. The standard InChI is InChI=1S/C24H39N3O3/c1-2-3-4-5-6-7-8-9-10-11-12-13-14-15-16-17-24(28)26-23-19-18-21(27(29)30)20-22(23)25/h9-10,18-20H,2-8,11-17,25H2,1H3,(H,26,28)/b10-9-. The summed E-state index contributed by atoms with van der Waals surface area (Å²) in [6.45, 7) is 2.25. The molecule has 1 amide bonds. The van der Waals surface area contributed by atoms with Gasteiger partial charge in [0.1, 0.15) is 0 Å². The van der Waals surface area contributed by atoms with E-state index >= 15 is 0 Å². The first-order valence-corrected chi connectivity index (χ1v) is 11.5. The van der Waals surface area contributed by atoms with E-state index in [1.165, 1.54) is 76.0 Å². The average molecular weight is 418 g/mol. The fourth-order valence-corrected chi connectivity index (χ4v) is 3.35. The van der Waals surface area contributed by atoms with Gasteiger partial charge in [0.25, 0.3) is 5.69 Å². The van der Waals surface area contributed by atoms with Crippen molar-refractivity contribution in [1.29, 1.82) is 0 Å². The number of carbonyl (C=O) groups excluding carboxylic acids is 1. The number of benzene rings is 1. The Labute approximate surface area is 181 Å². The van der Waals surface area contributed by atoms with Crippen LogP contribution in [0.15, 0.2) is 30.4 Å². The third-order valence-corrected chi connectivity index (χ3v) is 5.19. The van der Waals surface area contributed by atoms with Crippen LogP contribution < -0.4 is 11.1 Å². The Morgan fingerprint density at radius 1 is 0.967 bits per heavy atom. The van der Waals surface area contributed by atoms with Gasteiger partial charge < -0.3 is 11.1 Å². The van der Waals surface area contributed by atoms with Gasteiger partial charge in [0.05, 0.1) is 16.3 Å². The van der Waals surface area contributed by atoms with Crippen LogP contribution in [0.3, 0.4) is 0 Å². The molecule has 0 unspecified atom stereocenters. The molecule has 0 heterocycles. The maximum Gasteiger partial charge on any atom is 0.271 e. The molecule has 0 saturated carbocycles. The molecule has 1 aromatic rings. The summed E-state index contributed by atoms with van der Waals surface area (Å²) in [5.74, 6) is -0.104. The van der Waals surface area contributed by atoms with Crippen molar-refractivity contribution in [1.82, 2.24) is 0 Å². The number of anilines is 2. The number of allylic oxidation sites excluding steroid dienone is 2. The minimum atomic E-state index is -0.507. The summed E-state index contributed by atoms with van der Waals surface area (Å²) in [7, 11) is 0. The number of hydrogen-bond acceptors (Lipinski definition) is 4. The minimum absolute atomic E-state index is 0.0808. The van der Waals surface area contributed by atoms with Gasteiger partial charge in [-0.15, -0.1) is 0 Å². The van der Waals surface area contributed by atoms with Gasteiger partial charge in [-0.1, -0.05) is 70.4 Å². The first-order chi connectivity index (χ1) is 14.5. The molecule has 0 saturated heterocycles. The van der Waals surface area contributed by atoms with Crippen molar-refractivity contribution >= 4 is 23.0 Å². The van der Waals surface area contributed by atoms with E-state index in [-0.39, 0.29) is 17.3 Å². The highest BCUT2D eigenvalue weighted by Gasteiger charge is 2.10. The monoisotopic (exact) mass is 417 g/mol. The van der Waals surface area contributed by atoms with Gasteiger partial charge in [0.2, 0.25) is 5.91 Å². The van der Waals surface area contributed by atoms with Crippen LogP contribution in [0.5, 0.6) is 0 Å². The quantitative estimate of drug-likeness (QED) is 0.0924. The molecular formula is C24H39N3O3. The number of carbonyl (C=O) groups is 1. The number of nitrogens with one attached hydrogen (secondary N) is 1. The molecule has 6 heteroatoms. The van der Waals surface area contributed by atoms with Crippen LogP contribution in [0.1, 0.15) is 96.8 Å². The van der Waals surface area contributed by atoms with Crippen LogP contribution >= 0.6 is 0 Å². The van der Waals surface area contributed by atoms with Crippen molar-refractivity contribution in [3.8, 4) is 0 Å². The van der Waals surface area contributed by atoms with Crippen molar-refractivity contribution in [3.63, 3.8) is 0 Å². The molecule has 6 nitrogen and oxygen atoms in total. The number of nitro benzene ring substituents is 1. The number of nitrogens with zero attached hydrogens (tertiary/aromatic N) is 1. The highest BCUT2D eigenvalue weighted by molar-refractivity contribution is 5.94. The molecule has 1 aromatic carbocycles. The number of nitro groups is 1. The molecule has 1 rings (SSSR count). The van der Waals surface area contributed by atoms with Gasteiger partial charge in [-0.3, -0.25) is 14.9 Å². The molecule has 0 aliphatic carbocycles. The molecule has 0 radical (unpaired) electrons. The highest BCUT2D eigenvalue weighted by Crippen LogP contribution is 2.24. The zero-order valence-corrected chi connectivity index (χ0v) is 18.5. The molecule has 0 bridgehead atoms. The maximum absolute atomic E-state index is 12.0. The van der Waals surface area contributed by atoms with Crippen molar-refractivity contribution in [3.05, 3.63) is 40.5 Å². The Hall–Kier alpha value is -2.37. The molecule has 0 aliphatic heterocycles. The van der Waals surface area contributed by atoms with Crippen LogP contribution in [0.4, 0.5) is 17.1 Å². The number of amides is 1. The van der Waals surface area contributed by atoms with Crippen molar-refractivity contribution < 1.29 is 9.72 Å². The second-order valence-corrected chi connectivity index (χ2v) is 7.91. The molecule has 30 heavy (non-hydrogen) atoms. The second-order valence-electron chi connectivity index (χ2n) is 7.91. The molecule has 168 valence electrons. The van der Waals surface area contributed by atoms with Gasteiger partial charge in [0.15, 0.2) is 0 Å². The van der Waals surface area contributed by atoms with Crippen LogP contribution in [0, 0.1) is 10.1 Å². The highest BCUT2D eigenvalue weighted by atomic mass is 16.6. The van der Waals surface area contributed by atoms with E-state index in [1.54, 1.807) is 0 Å². The van der Waals surface area contributed by atoms with E-state index < -0.39 is 4.92 Å². The van der Waals surface area contributed by atoms with Crippen molar-refractivity contribution in [2.45, 2.75) is 96.8 Å². The van der Waals surface area contributed by atoms with Crippen molar-refractivity contribution in [2.75, 3.05) is 11.1 Å². The lowest BCUT2D eigenvalue weighted by Crippen LogP contribution is -2.12. The topological polar surface area (TPSA) is 98.3 Å². The predicted octanol–water partition coefficient (Wildman–Crippen LogP) is 7.15. The fraction of sp³-hybridized carbons (Fsp3) is 0.625. The summed E-state index contributed by atoms with van der Waals surface area (Å²) in [6, 6.07) is 4.08. The maximum atomic E-state index is 12.0. The Morgan fingerprint density at radius 3 is 2.10 bits per heavy atom. The summed E-state index contributed by atoms with van der Waals surface area (Å²) >= 11 is 0. The summed E-state index contributed by atoms with van der Waals surface area (Å²) in [5, 5.41) is 13.4. The fourth-order valence-electron chi connectivity index (χ4n) is 3.35. The first-order valence-electron chi connectivity index (χ1n) is 11.5. The third-order valence-electron chi connectivity index (χ3n) is 5.19. The van der Waals surface area contributed by atoms with Gasteiger partial charge in [-0.25, -0.2) is 0 Å². The lowest BCUT2D eigenvalue weighted by Gasteiger charge is -2.08. The van der Waals surface area contributed by atoms with Gasteiger partial charge in [-0.2, -0.15) is 0 Å². The third kappa shape index (κ3) is 12.2. The number of hydrogen-bond donors (Lipinski definition) is 2. The van der Waals surface area contributed by atoms with Crippen LogP contribution in [-0.2, 0) is 4.79 Å². The lowest BCUT2D eigenvalue weighted by atomic mass is 10.1. The lowest BCUT2D eigenvalue weighted by molar-refractivity contribution is -0.384. The Balaban J connectivity index is 1.99. The van der Waals surface area contributed by atoms with E-state index in [0.29, 0.717) is 12.1 Å². The number of nitrogens with two attached hydrogens (primary N) is 1. The molecule has 0 spiro atoms. The molecule has 0 fully saturated rings. The average Bonchev–Trinajstić information content (AvgIpc) is 2.72. The SMILES string of the molecule is CCCCCCCC/C=C\CCCCCCCC(=O)Nc1ccc([N+](=O)[O-])cc1N. The van der Waals surface area contributed by atoms with E-state index in [1.807, 2.05) is 0 Å². The Morgan fingerprint density at radius 2 is 1.53 bits per heavy atom. The first kappa shape index (κ1) is 25.7. The normalized spacial score (nSPS) is 11.1. The molecule has 0 aliphatic rings. The zero-order valence-electron chi connectivity index (χ0n) is 18.5. The second kappa shape index (κ2) is 16.4. The molecule has 0 atom stereocenters. The molecule has 3 N–H and O–H groups in total. The van der Waals surface area contributed by atoms with Crippen LogP contribution in [-0.4, -0.2) is 10.8 Å². The van der Waals surface area contributed by atoms with E-state index in [4.69, 9.17) is 5.73 Å². The van der Waals surface area contributed by atoms with Crippen LogP contribution in [0.25, 0.3) is 0 Å². The summed E-state index contributed by atoms with van der Waals surface area (Å²) in [6.07, 6.45) is 21.0. The van der Waals surface area contributed by atoms with E-state index in [0.717, 1.165) is 25.7 Å². The molecule has 0 aromatic heterocycles. The summed E-state index contributed by atoms with van der Waals surface area (Å²) < 4.78 is 0. The number of nitrogen functional groups attached to an aromatic ring is 1. The van der Waals surface area contributed by atoms with Crippen molar-refractivity contribution in [2.24, 2.45) is 0 Å². The Bertz CT molecular complexity index is 659. The van der Waals surface area contributed by atoms with Gasteiger partial charge >= 0.3 is 0 Å². The number of rotatable bonds is 17. The largest absolute Gasteiger partial charge is 0.397 e. The number of unbranched alkanes of at least 4 members (excludes halogenated alkanes) is 11. The Kier molecular flexibility index (Phi) is 14.1. The minimum Gasteiger partial charge on any atom is -0.397 e. The summed E-state index contributed by atoms with van der Waals surface area (Å²) in [5.41, 5.74) is 6.33. The smallest absolute Gasteiger partial charge is 0.271 e. The van der Waals surface area contributed by atoms with Crippen LogP contribution in [0.2, 0.25) is 0 Å². The van der Waals surface area contributed by atoms with E-state index in [2.05, 4.69) is 24.4 Å². The molecular weight excluding hydrogens is 378 g/mol. The predicted molar refractivity (Wildman–Crippen MR) is 126 cm³/mol. The van der Waals surface area contributed by atoms with E-state index in [9.17, 15) is 14.9 Å². The summed E-state index contributed by atoms with van der Waals surface area (Å²) in [4.78, 5) is 22.2. The zero-order chi connectivity index (χ0) is 22.0. The van der Waals surface area contributed by atoms with Gasteiger partial charge in [0, 0.05) is 18.6 Å².